The minimum Gasteiger partial charge on any atom is -0.756 e. The van der Waals surface area contributed by atoms with Crippen LogP contribution >= 0.6 is 7.82 Å². The van der Waals surface area contributed by atoms with Gasteiger partial charge in [-0.15, -0.1) is 0 Å². The molecule has 10 heteroatoms. The molecule has 0 heterocycles. The Morgan fingerprint density at radius 2 is 0.607 bits per heavy atom. The summed E-state index contributed by atoms with van der Waals surface area (Å²) in [6.07, 6.45) is 91.3. The van der Waals surface area contributed by atoms with E-state index in [9.17, 15) is 19.0 Å². The zero-order valence-electron chi connectivity index (χ0n) is 60.2. The normalized spacial score (nSPS) is 13.2. The zero-order valence-corrected chi connectivity index (χ0v) is 61.1. The molecule has 0 aliphatic rings. The molecular weight excluding hydrogens is 1120 g/mol. The topological polar surface area (TPSA) is 111 Å². The molecule has 9 nitrogen and oxygen atoms in total. The highest BCUT2D eigenvalue weighted by atomic mass is 31.2. The number of esters is 2. The number of hydrogen-bond donors (Lipinski definition) is 0. The molecule has 0 fully saturated rings. The van der Waals surface area contributed by atoms with Gasteiger partial charge < -0.3 is 27.9 Å². The van der Waals surface area contributed by atoms with Crippen molar-refractivity contribution in [2.75, 3.05) is 47.5 Å². The molecule has 0 spiro atoms. The minimum absolute atomic E-state index is 0.0298. The molecule has 0 amide bonds. The van der Waals surface area contributed by atoms with Crippen LogP contribution in [0.2, 0.25) is 0 Å². The summed E-state index contributed by atoms with van der Waals surface area (Å²) in [5, 5.41) is 0. The number of allylic oxidation sites excluding steroid dienone is 6. The van der Waals surface area contributed by atoms with Crippen LogP contribution in [0.25, 0.3) is 0 Å². The van der Waals surface area contributed by atoms with E-state index in [1.54, 1.807) is 0 Å². The standard InChI is InChI=1S/C79H152NO8P/c1-6-8-10-12-14-16-18-20-22-24-26-28-30-32-33-34-35-36-37-38-39-40-41-42-43-44-45-46-48-49-51-53-55-57-59-61-63-65-67-69-71-78(81)85-75-77(76-87-89(83,84)86-74-73-80(3,4)5)88-79(82)72-70-68-66-64-62-60-58-56-54-52-50-47-31-29-27-25-23-21-19-17-15-13-11-9-7-2/h19,21,25,27,31,47,77H,6-18,20,22-24,26,28-30,32-46,48-76H2,1-5H3/b21-19-,27-25-,47-31-. The van der Waals surface area contributed by atoms with Crippen molar-refractivity contribution in [3.8, 4) is 0 Å². The number of ether oxygens (including phenoxy) is 2. The summed E-state index contributed by atoms with van der Waals surface area (Å²) in [5.74, 6) is -0.818. The second-order valence-electron chi connectivity index (χ2n) is 28.1. The van der Waals surface area contributed by atoms with Crippen molar-refractivity contribution in [1.29, 1.82) is 0 Å². The number of hydrogen-bond acceptors (Lipinski definition) is 8. The Bertz CT molecular complexity index is 1590. The molecule has 0 aromatic rings. The summed E-state index contributed by atoms with van der Waals surface area (Å²) in [6.45, 7) is 4.30. The third-order valence-electron chi connectivity index (χ3n) is 17.9. The molecule has 0 aromatic carbocycles. The summed E-state index contributed by atoms with van der Waals surface area (Å²) in [5.41, 5.74) is 0. The number of rotatable bonds is 74. The molecule has 2 unspecified atom stereocenters. The van der Waals surface area contributed by atoms with E-state index >= 15 is 0 Å². The lowest BCUT2D eigenvalue weighted by atomic mass is 10.0. The van der Waals surface area contributed by atoms with Gasteiger partial charge in [-0.25, -0.2) is 0 Å². The number of quaternary nitrogens is 1. The number of likely N-dealkylation sites (N-methyl/N-ethyl adjacent to an activating group) is 1. The van der Waals surface area contributed by atoms with Crippen LogP contribution < -0.4 is 4.89 Å². The summed E-state index contributed by atoms with van der Waals surface area (Å²) < 4.78 is 34.4. The molecule has 0 saturated heterocycles. The first-order valence-corrected chi connectivity index (χ1v) is 40.7. The molecule has 0 N–H and O–H groups in total. The lowest BCUT2D eigenvalue weighted by molar-refractivity contribution is -0.870. The second kappa shape index (κ2) is 70.5. The van der Waals surface area contributed by atoms with E-state index in [-0.39, 0.29) is 32.0 Å². The second-order valence-corrected chi connectivity index (χ2v) is 29.5. The average molecular weight is 1280 g/mol. The first-order chi connectivity index (χ1) is 43.5. The van der Waals surface area contributed by atoms with E-state index in [2.05, 4.69) is 50.3 Å². The van der Waals surface area contributed by atoms with Crippen molar-refractivity contribution < 1.29 is 42.1 Å². The van der Waals surface area contributed by atoms with Gasteiger partial charge in [0.2, 0.25) is 0 Å². The van der Waals surface area contributed by atoms with Crippen molar-refractivity contribution in [3.05, 3.63) is 36.5 Å². The van der Waals surface area contributed by atoms with E-state index in [1.165, 1.54) is 315 Å². The van der Waals surface area contributed by atoms with Crippen LogP contribution in [0.15, 0.2) is 36.5 Å². The van der Waals surface area contributed by atoms with Gasteiger partial charge in [-0.05, 0) is 51.4 Å². The Labute approximate surface area is 554 Å². The largest absolute Gasteiger partial charge is 0.756 e. The molecule has 2 atom stereocenters. The fourth-order valence-corrected chi connectivity index (χ4v) is 12.6. The van der Waals surface area contributed by atoms with Crippen molar-refractivity contribution in [2.45, 2.75) is 412 Å². The quantitative estimate of drug-likeness (QED) is 0.0195. The summed E-state index contributed by atoms with van der Waals surface area (Å²) in [7, 11) is 1.18. The van der Waals surface area contributed by atoms with E-state index in [4.69, 9.17) is 18.5 Å². The zero-order chi connectivity index (χ0) is 64.8. The van der Waals surface area contributed by atoms with E-state index in [1.807, 2.05) is 21.1 Å². The van der Waals surface area contributed by atoms with Gasteiger partial charge in [0, 0.05) is 12.8 Å². The Kier molecular flexibility index (Phi) is 69.1. The van der Waals surface area contributed by atoms with Gasteiger partial charge in [0.05, 0.1) is 27.7 Å². The SMILES string of the molecule is CCCCCCC/C=C\C/C=C\C/C=C\CCCCCCCCCCCCC(=O)OC(COC(=O)CCCCCCCCCCCCCCCCCCCCCCCCCCCCCCCCCCCCCCCCCC)COP(=O)([O-])OCC[N+](C)(C)C. The minimum atomic E-state index is -4.64. The number of unbranched alkanes of at least 4 members (excludes halogenated alkanes) is 54. The lowest BCUT2D eigenvalue weighted by Crippen LogP contribution is -2.37. The number of phosphoric acid groups is 1. The lowest BCUT2D eigenvalue weighted by Gasteiger charge is -2.28. The molecular formula is C79H152NO8P. The monoisotopic (exact) mass is 1270 g/mol. The van der Waals surface area contributed by atoms with Crippen molar-refractivity contribution >= 4 is 19.8 Å². The highest BCUT2D eigenvalue weighted by Gasteiger charge is 2.22. The van der Waals surface area contributed by atoms with E-state index in [0.29, 0.717) is 17.4 Å². The van der Waals surface area contributed by atoms with Gasteiger partial charge in [-0.1, -0.05) is 378 Å². The Morgan fingerprint density at radius 3 is 0.899 bits per heavy atom. The molecule has 0 saturated carbocycles. The van der Waals surface area contributed by atoms with Gasteiger partial charge >= 0.3 is 11.9 Å². The summed E-state index contributed by atoms with van der Waals surface area (Å²) in [4.78, 5) is 38.1. The molecule has 0 aliphatic carbocycles. The van der Waals surface area contributed by atoms with Crippen molar-refractivity contribution in [2.24, 2.45) is 0 Å². The van der Waals surface area contributed by atoms with Crippen LogP contribution in [0.4, 0.5) is 0 Å². The van der Waals surface area contributed by atoms with Crippen molar-refractivity contribution in [3.63, 3.8) is 0 Å². The fourth-order valence-electron chi connectivity index (χ4n) is 11.9. The van der Waals surface area contributed by atoms with Crippen LogP contribution in [-0.4, -0.2) is 70.0 Å². The summed E-state index contributed by atoms with van der Waals surface area (Å²) in [6, 6.07) is 0. The Morgan fingerprint density at radius 1 is 0.348 bits per heavy atom. The number of phosphoric ester groups is 1. The van der Waals surface area contributed by atoms with Crippen LogP contribution in [0.1, 0.15) is 406 Å². The highest BCUT2D eigenvalue weighted by molar-refractivity contribution is 7.45. The molecule has 0 rings (SSSR count). The number of carbonyl (C=O) groups excluding carboxylic acids is 2. The number of nitrogens with zero attached hydrogens (tertiary/aromatic N) is 1. The smallest absolute Gasteiger partial charge is 0.306 e. The molecule has 0 aliphatic heterocycles. The maximum absolute atomic E-state index is 12.9. The van der Waals surface area contributed by atoms with Gasteiger partial charge in [-0.2, -0.15) is 0 Å². The highest BCUT2D eigenvalue weighted by Crippen LogP contribution is 2.38. The van der Waals surface area contributed by atoms with Gasteiger partial charge in [0.25, 0.3) is 7.82 Å². The Balaban J connectivity index is 3.88. The van der Waals surface area contributed by atoms with Crippen LogP contribution in [0.3, 0.4) is 0 Å². The fraction of sp³-hybridized carbons (Fsp3) is 0.899. The summed E-state index contributed by atoms with van der Waals surface area (Å²) >= 11 is 0. The van der Waals surface area contributed by atoms with Gasteiger partial charge in [0.15, 0.2) is 6.10 Å². The van der Waals surface area contributed by atoms with E-state index in [0.717, 1.165) is 57.8 Å². The molecule has 0 radical (unpaired) electrons. The molecule has 0 bridgehead atoms. The molecule has 526 valence electrons. The van der Waals surface area contributed by atoms with Crippen LogP contribution in [0, 0.1) is 0 Å². The van der Waals surface area contributed by atoms with Crippen molar-refractivity contribution in [1.82, 2.24) is 0 Å². The maximum atomic E-state index is 12.9. The Hall–Kier alpha value is -1.77. The third kappa shape index (κ3) is 75.1. The van der Waals surface area contributed by atoms with Crippen LogP contribution in [-0.2, 0) is 32.7 Å². The van der Waals surface area contributed by atoms with Gasteiger partial charge in [0.1, 0.15) is 19.8 Å². The molecule has 89 heavy (non-hydrogen) atoms. The maximum Gasteiger partial charge on any atom is 0.306 e. The van der Waals surface area contributed by atoms with E-state index < -0.39 is 26.5 Å². The average Bonchev–Trinajstić information content (AvgIpc) is 3.60. The van der Waals surface area contributed by atoms with Crippen LogP contribution in [0.5, 0.6) is 0 Å². The third-order valence-corrected chi connectivity index (χ3v) is 18.9. The molecule has 0 aromatic heterocycles. The van der Waals surface area contributed by atoms with Gasteiger partial charge in [-0.3, -0.25) is 14.2 Å². The first-order valence-electron chi connectivity index (χ1n) is 39.2. The predicted molar refractivity (Wildman–Crippen MR) is 384 cm³/mol. The predicted octanol–water partition coefficient (Wildman–Crippen LogP) is 25.2. The first kappa shape index (κ1) is 87.2. The number of carbonyl (C=O) groups is 2.